The minimum atomic E-state index is -0.594. The van der Waals surface area contributed by atoms with Crippen LogP contribution in [0.5, 0.6) is 5.75 Å². The van der Waals surface area contributed by atoms with Crippen molar-refractivity contribution in [2.45, 2.75) is 6.92 Å². The first-order valence-corrected chi connectivity index (χ1v) is 6.72. The predicted molar refractivity (Wildman–Crippen MR) is 80.4 cm³/mol. The van der Waals surface area contributed by atoms with Crippen LogP contribution < -0.4 is 10.1 Å². The summed E-state index contributed by atoms with van der Waals surface area (Å²) in [4.78, 5) is 22.7. The molecule has 2 aromatic rings. The second-order valence-corrected chi connectivity index (χ2v) is 4.70. The van der Waals surface area contributed by atoms with Gasteiger partial charge in [-0.1, -0.05) is 11.6 Å². The van der Waals surface area contributed by atoms with Crippen molar-refractivity contribution in [1.82, 2.24) is 9.78 Å². The van der Waals surface area contributed by atoms with E-state index in [0.29, 0.717) is 12.4 Å². The van der Waals surface area contributed by atoms with E-state index in [1.165, 1.54) is 29.1 Å². The SMILES string of the molecule is CCOc1ccc(NC(=O)c2c(Cl)cnn2C)c([N+](=O)[O-])c1. The monoisotopic (exact) mass is 324 g/mol. The van der Waals surface area contributed by atoms with Gasteiger partial charge in [-0.2, -0.15) is 5.10 Å². The molecule has 1 aromatic carbocycles. The van der Waals surface area contributed by atoms with Crippen LogP contribution in [0.1, 0.15) is 17.4 Å². The van der Waals surface area contributed by atoms with E-state index in [1.807, 2.05) is 0 Å². The van der Waals surface area contributed by atoms with Crippen molar-refractivity contribution < 1.29 is 14.5 Å². The molecule has 0 aliphatic heterocycles. The number of hydrogen-bond donors (Lipinski definition) is 1. The van der Waals surface area contributed by atoms with Gasteiger partial charge in [-0.15, -0.1) is 0 Å². The van der Waals surface area contributed by atoms with Gasteiger partial charge in [0.1, 0.15) is 17.1 Å². The van der Waals surface area contributed by atoms with Gasteiger partial charge in [-0.05, 0) is 19.1 Å². The molecule has 1 aromatic heterocycles. The molecule has 116 valence electrons. The molecule has 1 N–H and O–H groups in total. The van der Waals surface area contributed by atoms with Gasteiger partial charge >= 0.3 is 0 Å². The number of carbonyl (C=O) groups is 1. The number of rotatable bonds is 5. The van der Waals surface area contributed by atoms with Crippen LogP contribution in [0.4, 0.5) is 11.4 Å². The molecule has 0 fully saturated rings. The van der Waals surface area contributed by atoms with Gasteiger partial charge < -0.3 is 10.1 Å². The molecule has 9 heteroatoms. The zero-order valence-electron chi connectivity index (χ0n) is 11.9. The number of nitro benzene ring substituents is 1. The fraction of sp³-hybridized carbons (Fsp3) is 0.231. The van der Waals surface area contributed by atoms with Crippen molar-refractivity contribution in [2.24, 2.45) is 7.05 Å². The summed E-state index contributed by atoms with van der Waals surface area (Å²) in [6, 6.07) is 4.20. The summed E-state index contributed by atoms with van der Waals surface area (Å²) in [5.74, 6) is -0.233. The van der Waals surface area contributed by atoms with Crippen LogP contribution in [-0.4, -0.2) is 27.2 Å². The number of aromatic nitrogens is 2. The van der Waals surface area contributed by atoms with Crippen molar-refractivity contribution in [3.05, 3.63) is 45.2 Å². The molecular formula is C13H13ClN4O4. The Morgan fingerprint density at radius 2 is 2.27 bits per heavy atom. The van der Waals surface area contributed by atoms with Crippen LogP contribution in [0, 0.1) is 10.1 Å². The number of anilines is 1. The van der Waals surface area contributed by atoms with Crippen molar-refractivity contribution in [1.29, 1.82) is 0 Å². The van der Waals surface area contributed by atoms with Gasteiger partial charge in [0.2, 0.25) is 0 Å². The summed E-state index contributed by atoms with van der Waals surface area (Å²) in [7, 11) is 1.55. The number of amides is 1. The lowest BCUT2D eigenvalue weighted by atomic mass is 10.2. The molecule has 0 saturated carbocycles. The summed E-state index contributed by atoms with van der Waals surface area (Å²) < 4.78 is 6.50. The third-order valence-electron chi connectivity index (χ3n) is 2.83. The molecular weight excluding hydrogens is 312 g/mol. The quantitative estimate of drug-likeness (QED) is 0.673. The van der Waals surface area contributed by atoms with E-state index in [0.717, 1.165) is 0 Å². The Kier molecular flexibility index (Phi) is 4.62. The molecule has 0 bridgehead atoms. The Bertz CT molecular complexity index is 709. The summed E-state index contributed by atoms with van der Waals surface area (Å²) in [5.41, 5.74) is -0.0989. The van der Waals surface area contributed by atoms with Crippen LogP contribution in [0.25, 0.3) is 0 Å². The fourth-order valence-corrected chi connectivity index (χ4v) is 2.12. The Morgan fingerprint density at radius 1 is 1.55 bits per heavy atom. The Labute approximate surface area is 130 Å². The lowest BCUT2D eigenvalue weighted by Crippen LogP contribution is -2.17. The highest BCUT2D eigenvalue weighted by molar-refractivity contribution is 6.34. The standard InChI is InChI=1S/C13H13ClN4O4/c1-3-22-8-4-5-10(11(6-8)18(20)21)16-13(19)12-9(14)7-15-17(12)2/h4-7H,3H2,1-2H3,(H,16,19). The Hall–Kier alpha value is -2.61. The first kappa shape index (κ1) is 15.8. The van der Waals surface area contributed by atoms with Gasteiger partial charge in [0.15, 0.2) is 0 Å². The van der Waals surface area contributed by atoms with Crippen LogP contribution >= 0.6 is 11.6 Å². The van der Waals surface area contributed by atoms with E-state index in [2.05, 4.69) is 10.4 Å². The number of nitrogens with one attached hydrogen (secondary N) is 1. The maximum absolute atomic E-state index is 12.2. The maximum atomic E-state index is 12.2. The topological polar surface area (TPSA) is 99.3 Å². The van der Waals surface area contributed by atoms with E-state index >= 15 is 0 Å². The molecule has 1 heterocycles. The lowest BCUT2D eigenvalue weighted by molar-refractivity contribution is -0.384. The molecule has 0 aliphatic rings. The van der Waals surface area contributed by atoms with Gasteiger partial charge in [0.25, 0.3) is 11.6 Å². The largest absolute Gasteiger partial charge is 0.494 e. The molecule has 8 nitrogen and oxygen atoms in total. The molecule has 0 aliphatic carbocycles. The molecule has 1 amide bonds. The number of hydrogen-bond acceptors (Lipinski definition) is 5. The molecule has 22 heavy (non-hydrogen) atoms. The van der Waals surface area contributed by atoms with Crippen molar-refractivity contribution in [2.75, 3.05) is 11.9 Å². The van der Waals surface area contributed by atoms with Gasteiger partial charge in [0, 0.05) is 7.05 Å². The highest BCUT2D eigenvalue weighted by atomic mass is 35.5. The lowest BCUT2D eigenvalue weighted by Gasteiger charge is -2.08. The van der Waals surface area contributed by atoms with Crippen molar-refractivity contribution in [3.8, 4) is 5.75 Å². The van der Waals surface area contributed by atoms with Crippen LogP contribution in [-0.2, 0) is 7.05 Å². The second kappa shape index (κ2) is 6.44. The number of benzene rings is 1. The fourth-order valence-electron chi connectivity index (χ4n) is 1.87. The van der Waals surface area contributed by atoms with E-state index in [1.54, 1.807) is 14.0 Å². The molecule has 0 spiro atoms. The average Bonchev–Trinajstić information content (AvgIpc) is 2.80. The third-order valence-corrected chi connectivity index (χ3v) is 3.11. The normalized spacial score (nSPS) is 10.3. The molecule has 0 saturated heterocycles. The van der Waals surface area contributed by atoms with Crippen LogP contribution in [0.3, 0.4) is 0 Å². The summed E-state index contributed by atoms with van der Waals surface area (Å²) >= 11 is 5.88. The number of aryl methyl sites for hydroxylation is 1. The zero-order chi connectivity index (χ0) is 16.3. The maximum Gasteiger partial charge on any atom is 0.296 e. The predicted octanol–water partition coefficient (Wildman–Crippen LogP) is 2.63. The van der Waals surface area contributed by atoms with E-state index in [4.69, 9.17) is 16.3 Å². The minimum Gasteiger partial charge on any atom is -0.494 e. The second-order valence-electron chi connectivity index (χ2n) is 4.29. The number of nitrogens with zero attached hydrogens (tertiary/aromatic N) is 3. The number of carbonyl (C=O) groups excluding carboxylic acids is 1. The van der Waals surface area contributed by atoms with E-state index in [-0.39, 0.29) is 22.1 Å². The van der Waals surface area contributed by atoms with Gasteiger partial charge in [-0.3, -0.25) is 19.6 Å². The minimum absolute atomic E-state index is 0.0516. The summed E-state index contributed by atoms with van der Waals surface area (Å²) in [6.07, 6.45) is 1.32. The molecule has 0 unspecified atom stereocenters. The highest BCUT2D eigenvalue weighted by Gasteiger charge is 2.21. The average molecular weight is 325 g/mol. The first-order valence-electron chi connectivity index (χ1n) is 6.34. The van der Waals surface area contributed by atoms with Gasteiger partial charge in [0.05, 0.1) is 28.8 Å². The first-order chi connectivity index (χ1) is 10.4. The number of ether oxygens (including phenoxy) is 1. The Balaban J connectivity index is 2.33. The summed E-state index contributed by atoms with van der Waals surface area (Å²) in [6.45, 7) is 2.15. The molecule has 0 radical (unpaired) electrons. The molecule has 0 atom stereocenters. The van der Waals surface area contributed by atoms with Gasteiger partial charge in [-0.25, -0.2) is 0 Å². The smallest absolute Gasteiger partial charge is 0.296 e. The highest BCUT2D eigenvalue weighted by Crippen LogP contribution is 2.30. The number of nitro groups is 1. The van der Waals surface area contributed by atoms with Crippen LogP contribution in [0.15, 0.2) is 24.4 Å². The Morgan fingerprint density at radius 3 is 2.82 bits per heavy atom. The third kappa shape index (κ3) is 3.17. The van der Waals surface area contributed by atoms with E-state index in [9.17, 15) is 14.9 Å². The van der Waals surface area contributed by atoms with Crippen LogP contribution in [0.2, 0.25) is 5.02 Å². The summed E-state index contributed by atoms with van der Waals surface area (Å²) in [5, 5.41) is 17.6. The van der Waals surface area contributed by atoms with E-state index < -0.39 is 10.8 Å². The van der Waals surface area contributed by atoms with Crippen molar-refractivity contribution >= 4 is 28.9 Å². The van der Waals surface area contributed by atoms with Crippen molar-refractivity contribution in [3.63, 3.8) is 0 Å². The number of halogens is 1. The zero-order valence-corrected chi connectivity index (χ0v) is 12.6. The molecule has 2 rings (SSSR count).